The first-order valence-electron chi connectivity index (χ1n) is 4.48. The first-order valence-corrected chi connectivity index (χ1v) is 4.48. The molecule has 0 heterocycles. The Morgan fingerprint density at radius 1 is 1.17 bits per heavy atom. The number of hydrogen-bond acceptors (Lipinski definition) is 2. The van der Waals surface area contributed by atoms with E-state index in [1.165, 1.54) is 12.8 Å². The van der Waals surface area contributed by atoms with Gasteiger partial charge >= 0.3 is 0 Å². The Bertz CT molecular complexity index is 173. The summed E-state index contributed by atoms with van der Waals surface area (Å²) in [7, 11) is 0. The number of carboxylic acid groups (broad SMARTS) is 1. The third-order valence-corrected chi connectivity index (χ3v) is 3.35. The van der Waals surface area contributed by atoms with Crippen molar-refractivity contribution < 1.29 is 9.90 Å². The zero-order valence-corrected chi connectivity index (χ0v) is 7.58. The summed E-state index contributed by atoms with van der Waals surface area (Å²) in [6.45, 7) is 0. The third-order valence-electron chi connectivity index (χ3n) is 3.35. The summed E-state index contributed by atoms with van der Waals surface area (Å²) in [5, 5.41) is 10.6. The Balaban J connectivity index is 0.000000720. The Hall–Kier alpha value is -0.570. The van der Waals surface area contributed by atoms with Gasteiger partial charge in [-0.05, 0) is 31.1 Å². The summed E-state index contributed by atoms with van der Waals surface area (Å²) in [5.74, 6) is 0.231. The van der Waals surface area contributed by atoms with Crippen LogP contribution in [0.1, 0.15) is 32.1 Å². The fourth-order valence-corrected chi connectivity index (χ4v) is 2.67. The van der Waals surface area contributed by atoms with Crippen molar-refractivity contribution in [1.82, 2.24) is 6.15 Å². The summed E-state index contributed by atoms with van der Waals surface area (Å²) in [6.07, 6.45) is 5.67. The van der Waals surface area contributed by atoms with Crippen molar-refractivity contribution in [1.29, 1.82) is 0 Å². The molecular weight excluding hydrogens is 154 g/mol. The number of carbonyl (C=O) groups excluding carboxylic acids is 1. The quantitative estimate of drug-likeness (QED) is 0.637. The molecule has 0 aromatic rings. The molecule has 0 aromatic carbocycles. The van der Waals surface area contributed by atoms with E-state index in [1.807, 2.05) is 0 Å². The van der Waals surface area contributed by atoms with E-state index in [-0.39, 0.29) is 12.1 Å². The van der Waals surface area contributed by atoms with Crippen LogP contribution in [0.15, 0.2) is 0 Å². The molecule has 0 saturated heterocycles. The van der Waals surface area contributed by atoms with Gasteiger partial charge in [0.2, 0.25) is 0 Å². The number of carbonyl (C=O) groups is 1. The number of hydrogen-bond donors (Lipinski definition) is 1. The number of quaternary nitrogens is 1. The number of fused-ring (bicyclic) bond motifs is 3. The molecule has 3 heteroatoms. The van der Waals surface area contributed by atoms with Gasteiger partial charge < -0.3 is 16.1 Å². The highest BCUT2D eigenvalue weighted by atomic mass is 16.4. The average molecular weight is 171 g/mol. The van der Waals surface area contributed by atoms with Crippen molar-refractivity contribution in [3.63, 3.8) is 0 Å². The van der Waals surface area contributed by atoms with Gasteiger partial charge in [-0.1, -0.05) is 12.8 Å². The van der Waals surface area contributed by atoms with Crippen LogP contribution >= 0.6 is 0 Å². The predicted octanol–water partition coefficient (Wildman–Crippen LogP) is 0.939. The molecule has 3 aliphatic carbocycles. The zero-order chi connectivity index (χ0) is 7.84. The molecule has 3 nitrogen and oxygen atoms in total. The van der Waals surface area contributed by atoms with Crippen LogP contribution in [-0.2, 0) is 4.79 Å². The van der Waals surface area contributed by atoms with Gasteiger partial charge in [0, 0.05) is 11.9 Å². The van der Waals surface area contributed by atoms with E-state index in [4.69, 9.17) is 0 Å². The van der Waals surface area contributed by atoms with Crippen LogP contribution < -0.4 is 11.3 Å². The maximum atomic E-state index is 10.6. The Morgan fingerprint density at radius 3 is 2.00 bits per heavy atom. The molecule has 3 aliphatic rings. The number of rotatable bonds is 1. The average Bonchev–Trinajstić information content (AvgIpc) is 2.06. The number of aliphatic carboxylic acids is 1. The van der Waals surface area contributed by atoms with Gasteiger partial charge in [0.15, 0.2) is 0 Å². The standard InChI is InChI=1S/C9H14O2.H3N/c10-9(11)8-5-6-1-3-7(8)4-2-6;/h6-8H,1-5H2,(H,10,11);1H3. The molecule has 3 saturated carbocycles. The van der Waals surface area contributed by atoms with Gasteiger partial charge in [-0.25, -0.2) is 0 Å². The highest BCUT2D eigenvalue weighted by Crippen LogP contribution is 2.44. The van der Waals surface area contributed by atoms with Gasteiger partial charge in [-0.2, -0.15) is 0 Å². The van der Waals surface area contributed by atoms with Crippen LogP contribution in [0.5, 0.6) is 0 Å². The van der Waals surface area contributed by atoms with Crippen molar-refractivity contribution in [3.8, 4) is 0 Å². The largest absolute Gasteiger partial charge is 0.550 e. The molecule has 0 amide bonds. The lowest BCUT2D eigenvalue weighted by atomic mass is 9.65. The van der Waals surface area contributed by atoms with Crippen LogP contribution in [-0.4, -0.2) is 5.97 Å². The molecule has 3 rings (SSSR count). The van der Waals surface area contributed by atoms with Crippen molar-refractivity contribution in [2.24, 2.45) is 17.8 Å². The second-order valence-electron chi connectivity index (χ2n) is 3.94. The normalized spacial score (nSPS) is 38.8. The smallest absolute Gasteiger partial charge is 0.0448 e. The topological polar surface area (TPSA) is 76.6 Å². The van der Waals surface area contributed by atoms with Crippen molar-refractivity contribution in [2.45, 2.75) is 32.1 Å². The second-order valence-corrected chi connectivity index (χ2v) is 3.94. The molecule has 0 spiro atoms. The first kappa shape index (κ1) is 9.52. The molecule has 1 unspecified atom stereocenters. The molecular formula is C9H17NO2. The minimum absolute atomic E-state index is 0. The predicted molar refractivity (Wildman–Crippen MR) is 44.5 cm³/mol. The molecule has 2 bridgehead atoms. The number of carboxylic acids is 1. The third kappa shape index (κ3) is 1.46. The van der Waals surface area contributed by atoms with E-state index in [2.05, 4.69) is 0 Å². The second kappa shape index (κ2) is 3.44. The highest BCUT2D eigenvalue weighted by Gasteiger charge is 2.35. The fraction of sp³-hybridized carbons (Fsp3) is 0.889. The van der Waals surface area contributed by atoms with Gasteiger partial charge in [0.05, 0.1) is 0 Å². The summed E-state index contributed by atoms with van der Waals surface area (Å²) in [6, 6.07) is 0. The van der Waals surface area contributed by atoms with Gasteiger partial charge in [-0.15, -0.1) is 0 Å². The maximum Gasteiger partial charge on any atom is 0.0448 e. The fourth-order valence-electron chi connectivity index (χ4n) is 2.67. The Labute approximate surface area is 72.7 Å². The maximum absolute atomic E-state index is 10.6. The van der Waals surface area contributed by atoms with Gasteiger partial charge in [-0.3, -0.25) is 0 Å². The highest BCUT2D eigenvalue weighted by molar-refractivity contribution is 5.68. The molecule has 4 N–H and O–H groups in total. The minimum Gasteiger partial charge on any atom is -0.550 e. The molecule has 0 radical (unpaired) electrons. The van der Waals surface area contributed by atoms with Crippen LogP contribution in [0.2, 0.25) is 0 Å². The van der Waals surface area contributed by atoms with E-state index in [0.717, 1.165) is 19.3 Å². The summed E-state index contributed by atoms with van der Waals surface area (Å²) in [4.78, 5) is 10.6. The van der Waals surface area contributed by atoms with Crippen LogP contribution in [0.4, 0.5) is 0 Å². The summed E-state index contributed by atoms with van der Waals surface area (Å²) in [5.41, 5.74) is 0. The molecule has 0 aliphatic heterocycles. The minimum atomic E-state index is -0.806. The monoisotopic (exact) mass is 171 g/mol. The molecule has 0 aromatic heterocycles. The zero-order valence-electron chi connectivity index (χ0n) is 7.58. The van der Waals surface area contributed by atoms with Gasteiger partial charge in [0.1, 0.15) is 0 Å². The molecule has 70 valence electrons. The van der Waals surface area contributed by atoms with E-state index in [1.54, 1.807) is 0 Å². The van der Waals surface area contributed by atoms with Crippen LogP contribution in [0.3, 0.4) is 0 Å². The molecule has 1 atom stereocenters. The van der Waals surface area contributed by atoms with Crippen LogP contribution in [0, 0.1) is 17.8 Å². The van der Waals surface area contributed by atoms with E-state index in [9.17, 15) is 9.90 Å². The van der Waals surface area contributed by atoms with E-state index >= 15 is 0 Å². The summed E-state index contributed by atoms with van der Waals surface area (Å²) < 4.78 is 0. The van der Waals surface area contributed by atoms with Crippen molar-refractivity contribution in [2.75, 3.05) is 0 Å². The van der Waals surface area contributed by atoms with Gasteiger partial charge in [0.25, 0.3) is 0 Å². The lowest BCUT2D eigenvalue weighted by Gasteiger charge is -2.42. The Kier molecular flexibility index (Phi) is 2.73. The summed E-state index contributed by atoms with van der Waals surface area (Å²) >= 11 is 0. The van der Waals surface area contributed by atoms with E-state index in [0.29, 0.717) is 11.8 Å². The molecule has 3 fully saturated rings. The van der Waals surface area contributed by atoms with Crippen molar-refractivity contribution in [3.05, 3.63) is 0 Å². The lowest BCUT2D eigenvalue weighted by molar-refractivity contribution is -0.315. The first-order chi connectivity index (χ1) is 5.27. The SMILES string of the molecule is O=C([O-])C1CC2CCC1CC2.[NH4+]. The van der Waals surface area contributed by atoms with E-state index < -0.39 is 5.97 Å². The molecule has 12 heavy (non-hydrogen) atoms. The lowest BCUT2D eigenvalue weighted by Crippen LogP contribution is -2.42. The van der Waals surface area contributed by atoms with Crippen LogP contribution in [0.25, 0.3) is 0 Å². The van der Waals surface area contributed by atoms with Crippen molar-refractivity contribution >= 4 is 5.97 Å². The Morgan fingerprint density at radius 2 is 1.75 bits per heavy atom.